The van der Waals surface area contributed by atoms with E-state index in [2.05, 4.69) is 5.32 Å². The third kappa shape index (κ3) is 5.55. The molecule has 0 aliphatic carbocycles. The van der Waals surface area contributed by atoms with Crippen molar-refractivity contribution < 1.29 is 17.9 Å². The molecule has 2 heterocycles. The molecular formula is C20H28ClN5O4S. The lowest BCUT2D eigenvalue weighted by molar-refractivity contribution is -0.121. The molecular weight excluding hydrogens is 442 g/mol. The average molecular weight is 470 g/mol. The topological polar surface area (TPSA) is 106 Å². The molecule has 1 N–H and O–H groups in total. The molecule has 3 unspecified atom stereocenters. The van der Waals surface area contributed by atoms with Gasteiger partial charge in [0.05, 0.1) is 28.8 Å². The van der Waals surface area contributed by atoms with E-state index in [4.69, 9.17) is 21.6 Å². The highest BCUT2D eigenvalue weighted by Gasteiger charge is 2.37. The van der Waals surface area contributed by atoms with E-state index in [1.165, 1.54) is 8.61 Å². The van der Waals surface area contributed by atoms with Crippen LogP contribution in [0.5, 0.6) is 0 Å². The van der Waals surface area contributed by atoms with Crippen molar-refractivity contribution in [1.82, 2.24) is 13.5 Å². The number of carbonyl (C=O) groups excluding carboxylic acids is 1. The summed E-state index contributed by atoms with van der Waals surface area (Å²) in [5.74, 6) is -0.215. The number of hydrogen-bond acceptors (Lipinski definition) is 6. The number of piperazine rings is 1. The van der Waals surface area contributed by atoms with Crippen molar-refractivity contribution in [3.8, 4) is 6.07 Å². The lowest BCUT2D eigenvalue weighted by atomic mass is 10.2. The Morgan fingerprint density at radius 1 is 1.19 bits per heavy atom. The molecule has 0 aromatic heterocycles. The number of morpholine rings is 1. The Balaban J connectivity index is 1.56. The van der Waals surface area contributed by atoms with E-state index < -0.39 is 16.3 Å². The van der Waals surface area contributed by atoms with Crippen LogP contribution in [0.4, 0.5) is 5.69 Å². The molecule has 0 saturated carbocycles. The first-order valence-electron chi connectivity index (χ1n) is 10.3. The van der Waals surface area contributed by atoms with Crippen molar-refractivity contribution in [3.63, 3.8) is 0 Å². The van der Waals surface area contributed by atoms with Crippen LogP contribution in [0.25, 0.3) is 0 Å². The average Bonchev–Trinajstić information content (AvgIpc) is 2.72. The van der Waals surface area contributed by atoms with Crippen LogP contribution in [-0.4, -0.2) is 85.4 Å². The summed E-state index contributed by atoms with van der Waals surface area (Å²) in [6, 6.07) is 6.26. The molecule has 170 valence electrons. The minimum absolute atomic E-state index is 0.140. The van der Waals surface area contributed by atoms with Crippen molar-refractivity contribution in [2.45, 2.75) is 39.0 Å². The van der Waals surface area contributed by atoms with E-state index in [1.807, 2.05) is 24.8 Å². The Morgan fingerprint density at radius 3 is 2.35 bits per heavy atom. The maximum atomic E-state index is 13.0. The Morgan fingerprint density at radius 2 is 1.81 bits per heavy atom. The highest BCUT2D eigenvalue weighted by atomic mass is 35.5. The van der Waals surface area contributed by atoms with Gasteiger partial charge in [0, 0.05) is 45.0 Å². The Kier molecular flexibility index (Phi) is 7.57. The van der Waals surface area contributed by atoms with Gasteiger partial charge >= 0.3 is 0 Å². The molecule has 1 aromatic rings. The van der Waals surface area contributed by atoms with Crippen LogP contribution in [0.3, 0.4) is 0 Å². The van der Waals surface area contributed by atoms with Crippen molar-refractivity contribution in [2.75, 3.05) is 44.6 Å². The summed E-state index contributed by atoms with van der Waals surface area (Å²) < 4.78 is 34.7. The second-order valence-corrected chi connectivity index (χ2v) is 10.3. The summed E-state index contributed by atoms with van der Waals surface area (Å²) in [6.07, 6.45) is -0.279. The second-order valence-electron chi connectivity index (χ2n) is 7.99. The standard InChI is InChI=1S/C20H28ClN5O4S/c1-14-12-26(13-15(2)30-14)31(28,29)25-8-6-24(7-9-25)16(3)20(27)23-18-5-4-17(11-22)19(21)10-18/h4-5,10,14-16H,6-9,12-13H2,1-3H3,(H,23,27). The zero-order chi connectivity index (χ0) is 22.8. The molecule has 2 fully saturated rings. The Bertz CT molecular complexity index is 949. The normalized spacial score (nSPS) is 25.0. The molecule has 31 heavy (non-hydrogen) atoms. The summed E-state index contributed by atoms with van der Waals surface area (Å²) in [6.45, 7) is 7.78. The number of ether oxygens (including phenoxy) is 1. The SMILES string of the molecule is CC1CN(S(=O)(=O)N2CCN(C(C)C(=O)Nc3ccc(C#N)c(Cl)c3)CC2)CC(C)O1. The van der Waals surface area contributed by atoms with Gasteiger partial charge in [-0.15, -0.1) is 0 Å². The van der Waals surface area contributed by atoms with E-state index in [0.29, 0.717) is 50.5 Å². The predicted molar refractivity (Wildman–Crippen MR) is 118 cm³/mol. The minimum atomic E-state index is -3.56. The number of rotatable bonds is 5. The molecule has 3 rings (SSSR count). The lowest BCUT2D eigenvalue weighted by Gasteiger charge is -2.41. The molecule has 0 spiro atoms. The summed E-state index contributed by atoms with van der Waals surface area (Å²) in [5, 5.41) is 12.0. The minimum Gasteiger partial charge on any atom is -0.373 e. The molecule has 2 aliphatic heterocycles. The van der Waals surface area contributed by atoms with Gasteiger partial charge in [0.25, 0.3) is 10.2 Å². The first kappa shape index (κ1) is 23.9. The van der Waals surface area contributed by atoms with Crippen LogP contribution in [0.15, 0.2) is 18.2 Å². The van der Waals surface area contributed by atoms with Crippen molar-refractivity contribution in [3.05, 3.63) is 28.8 Å². The Hall–Kier alpha value is -1.74. The van der Waals surface area contributed by atoms with Gasteiger partial charge in [-0.25, -0.2) is 0 Å². The van der Waals surface area contributed by atoms with Crippen LogP contribution in [0.2, 0.25) is 5.02 Å². The van der Waals surface area contributed by atoms with Gasteiger partial charge in [0.15, 0.2) is 0 Å². The third-order valence-corrected chi connectivity index (χ3v) is 7.88. The molecule has 2 aliphatic rings. The first-order chi connectivity index (χ1) is 14.6. The fourth-order valence-corrected chi connectivity index (χ4v) is 5.87. The number of hydrogen-bond donors (Lipinski definition) is 1. The number of nitriles is 1. The molecule has 11 heteroatoms. The Labute approximate surface area is 188 Å². The van der Waals surface area contributed by atoms with E-state index >= 15 is 0 Å². The predicted octanol–water partition coefficient (Wildman–Crippen LogP) is 1.51. The highest BCUT2D eigenvalue weighted by molar-refractivity contribution is 7.86. The van der Waals surface area contributed by atoms with Gasteiger partial charge in [0.1, 0.15) is 6.07 Å². The molecule has 1 amide bonds. The fourth-order valence-electron chi connectivity index (χ4n) is 3.90. The van der Waals surface area contributed by atoms with Gasteiger partial charge in [-0.3, -0.25) is 9.69 Å². The van der Waals surface area contributed by atoms with Crippen LogP contribution in [-0.2, 0) is 19.7 Å². The van der Waals surface area contributed by atoms with Crippen molar-refractivity contribution in [2.24, 2.45) is 0 Å². The van der Waals surface area contributed by atoms with E-state index in [1.54, 1.807) is 25.1 Å². The van der Waals surface area contributed by atoms with Gasteiger partial charge in [-0.1, -0.05) is 11.6 Å². The number of anilines is 1. The van der Waals surface area contributed by atoms with E-state index in [-0.39, 0.29) is 23.1 Å². The lowest BCUT2D eigenvalue weighted by Crippen LogP contribution is -2.58. The smallest absolute Gasteiger partial charge is 0.282 e. The number of halogens is 1. The number of nitrogens with one attached hydrogen (secondary N) is 1. The van der Waals surface area contributed by atoms with Crippen LogP contribution >= 0.6 is 11.6 Å². The van der Waals surface area contributed by atoms with Crippen LogP contribution in [0.1, 0.15) is 26.3 Å². The van der Waals surface area contributed by atoms with E-state index in [9.17, 15) is 13.2 Å². The van der Waals surface area contributed by atoms with Gasteiger partial charge in [0.2, 0.25) is 5.91 Å². The quantitative estimate of drug-likeness (QED) is 0.700. The van der Waals surface area contributed by atoms with Crippen LogP contribution < -0.4 is 5.32 Å². The largest absolute Gasteiger partial charge is 0.373 e. The second kappa shape index (κ2) is 9.81. The fraction of sp³-hybridized carbons (Fsp3) is 0.600. The summed E-state index contributed by atoms with van der Waals surface area (Å²) >= 11 is 6.02. The van der Waals surface area contributed by atoms with Crippen LogP contribution in [0, 0.1) is 11.3 Å². The number of carbonyl (C=O) groups is 1. The van der Waals surface area contributed by atoms with Gasteiger partial charge < -0.3 is 10.1 Å². The van der Waals surface area contributed by atoms with Gasteiger partial charge in [-0.2, -0.15) is 22.3 Å². The maximum Gasteiger partial charge on any atom is 0.282 e. The highest BCUT2D eigenvalue weighted by Crippen LogP contribution is 2.22. The molecule has 3 atom stereocenters. The van der Waals surface area contributed by atoms with Crippen molar-refractivity contribution in [1.29, 1.82) is 5.26 Å². The zero-order valence-electron chi connectivity index (χ0n) is 17.9. The molecule has 1 aromatic carbocycles. The zero-order valence-corrected chi connectivity index (χ0v) is 19.5. The molecule has 0 bridgehead atoms. The third-order valence-electron chi connectivity index (χ3n) is 5.60. The number of benzene rings is 1. The molecule has 2 saturated heterocycles. The summed E-state index contributed by atoms with van der Waals surface area (Å²) in [4.78, 5) is 14.6. The maximum absolute atomic E-state index is 13.0. The first-order valence-corrected chi connectivity index (χ1v) is 12.0. The number of amides is 1. The summed E-state index contributed by atoms with van der Waals surface area (Å²) in [5.41, 5.74) is 0.853. The van der Waals surface area contributed by atoms with Gasteiger partial charge in [-0.05, 0) is 39.0 Å². The molecule has 0 radical (unpaired) electrons. The monoisotopic (exact) mass is 469 g/mol. The van der Waals surface area contributed by atoms with E-state index in [0.717, 1.165) is 0 Å². The molecule has 9 nitrogen and oxygen atoms in total. The van der Waals surface area contributed by atoms with Crippen molar-refractivity contribution >= 4 is 33.4 Å². The summed E-state index contributed by atoms with van der Waals surface area (Å²) in [7, 11) is -3.56. The number of nitrogens with zero attached hydrogens (tertiary/aromatic N) is 4.